The number of aromatic nitrogens is 3. The Balaban J connectivity index is 1.99. The zero-order valence-corrected chi connectivity index (χ0v) is 13.3. The standard InChI is InChI=1S/C14H9Cl2F2N3S/c15-8-1-2-9(19-5-8)6-21-7-10(13(17)18)20-14(21)11-3-4-12(16)22-11/h1-5,7,13H,6H2. The Kier molecular flexibility index (Phi) is 4.42. The van der Waals surface area contributed by atoms with Crippen LogP contribution in [-0.2, 0) is 6.54 Å². The normalized spacial score (nSPS) is 11.3. The summed E-state index contributed by atoms with van der Waals surface area (Å²) in [6, 6.07) is 6.92. The van der Waals surface area contributed by atoms with Crippen LogP contribution in [-0.4, -0.2) is 14.5 Å². The molecule has 0 aliphatic rings. The largest absolute Gasteiger partial charge is 0.324 e. The maximum Gasteiger partial charge on any atom is 0.281 e. The van der Waals surface area contributed by atoms with Gasteiger partial charge in [-0.1, -0.05) is 23.2 Å². The summed E-state index contributed by atoms with van der Waals surface area (Å²) in [5.74, 6) is 0.448. The lowest BCUT2D eigenvalue weighted by molar-refractivity contribution is 0.146. The highest BCUT2D eigenvalue weighted by Gasteiger charge is 2.18. The van der Waals surface area contributed by atoms with Crippen molar-refractivity contribution in [2.24, 2.45) is 0 Å². The van der Waals surface area contributed by atoms with Gasteiger partial charge in [0.05, 0.1) is 26.5 Å². The van der Waals surface area contributed by atoms with Gasteiger partial charge in [-0.25, -0.2) is 13.8 Å². The second kappa shape index (κ2) is 6.32. The molecule has 8 heteroatoms. The van der Waals surface area contributed by atoms with E-state index in [0.717, 1.165) is 4.88 Å². The zero-order valence-electron chi connectivity index (χ0n) is 11.0. The average Bonchev–Trinajstić information content (AvgIpc) is 3.08. The number of pyridine rings is 1. The Labute approximate surface area is 139 Å². The minimum atomic E-state index is -2.63. The second-order valence-corrected chi connectivity index (χ2v) is 6.64. The van der Waals surface area contributed by atoms with Crippen LogP contribution in [0.15, 0.2) is 36.7 Å². The Bertz CT molecular complexity index is 784. The van der Waals surface area contributed by atoms with Gasteiger partial charge in [-0.05, 0) is 24.3 Å². The number of hydrogen-bond acceptors (Lipinski definition) is 3. The summed E-state index contributed by atoms with van der Waals surface area (Å²) >= 11 is 13.0. The van der Waals surface area contributed by atoms with E-state index in [1.54, 1.807) is 28.8 Å². The molecule has 0 N–H and O–H groups in total. The first-order chi connectivity index (χ1) is 10.5. The first-order valence-electron chi connectivity index (χ1n) is 6.24. The summed E-state index contributed by atoms with van der Waals surface area (Å²) in [4.78, 5) is 8.92. The summed E-state index contributed by atoms with van der Waals surface area (Å²) in [6.07, 6.45) is 0.224. The highest BCUT2D eigenvalue weighted by atomic mass is 35.5. The third-order valence-corrected chi connectivity index (χ3v) is 4.38. The van der Waals surface area contributed by atoms with Crippen LogP contribution in [0.5, 0.6) is 0 Å². The monoisotopic (exact) mass is 359 g/mol. The highest BCUT2D eigenvalue weighted by Crippen LogP contribution is 2.32. The van der Waals surface area contributed by atoms with E-state index in [9.17, 15) is 8.78 Å². The number of alkyl halides is 2. The topological polar surface area (TPSA) is 30.7 Å². The van der Waals surface area contributed by atoms with Gasteiger partial charge in [0.15, 0.2) is 5.82 Å². The van der Waals surface area contributed by atoms with Crippen LogP contribution < -0.4 is 0 Å². The molecular formula is C14H9Cl2F2N3S. The molecule has 114 valence electrons. The number of hydrogen-bond donors (Lipinski definition) is 0. The molecule has 3 heterocycles. The first kappa shape index (κ1) is 15.4. The third-order valence-electron chi connectivity index (χ3n) is 2.93. The van der Waals surface area contributed by atoms with E-state index in [4.69, 9.17) is 23.2 Å². The van der Waals surface area contributed by atoms with Crippen molar-refractivity contribution in [2.75, 3.05) is 0 Å². The molecule has 0 atom stereocenters. The number of halogens is 4. The molecule has 22 heavy (non-hydrogen) atoms. The molecule has 3 nitrogen and oxygen atoms in total. The van der Waals surface area contributed by atoms with Crippen molar-refractivity contribution in [2.45, 2.75) is 13.0 Å². The van der Waals surface area contributed by atoms with Gasteiger partial charge >= 0.3 is 0 Å². The number of nitrogens with zero attached hydrogens (tertiary/aromatic N) is 3. The minimum Gasteiger partial charge on any atom is -0.324 e. The molecule has 0 saturated heterocycles. The van der Waals surface area contributed by atoms with E-state index in [2.05, 4.69) is 9.97 Å². The van der Waals surface area contributed by atoms with Crippen molar-refractivity contribution in [1.29, 1.82) is 0 Å². The van der Waals surface area contributed by atoms with Gasteiger partial charge in [0.1, 0.15) is 5.69 Å². The Morgan fingerprint density at radius 3 is 2.59 bits per heavy atom. The third kappa shape index (κ3) is 3.29. The van der Waals surface area contributed by atoms with Crippen molar-refractivity contribution < 1.29 is 8.78 Å². The van der Waals surface area contributed by atoms with Crippen LogP contribution in [0.25, 0.3) is 10.7 Å². The average molecular weight is 360 g/mol. The summed E-state index contributed by atoms with van der Waals surface area (Å²) in [7, 11) is 0. The molecule has 0 aliphatic heterocycles. The van der Waals surface area contributed by atoms with Gasteiger partial charge in [-0.2, -0.15) is 0 Å². The van der Waals surface area contributed by atoms with Gasteiger partial charge in [-0.3, -0.25) is 4.98 Å². The maximum atomic E-state index is 12.9. The molecular weight excluding hydrogens is 351 g/mol. The molecule has 0 saturated carbocycles. The quantitative estimate of drug-likeness (QED) is 0.632. The predicted octanol–water partition coefficient (Wildman–Crippen LogP) is 5.30. The molecule has 0 radical (unpaired) electrons. The molecule has 3 aromatic rings. The van der Waals surface area contributed by atoms with E-state index >= 15 is 0 Å². The smallest absolute Gasteiger partial charge is 0.281 e. The number of thiophene rings is 1. The lowest BCUT2D eigenvalue weighted by atomic mass is 10.3. The molecule has 3 rings (SSSR count). The zero-order chi connectivity index (χ0) is 15.7. The van der Waals surface area contributed by atoms with E-state index in [-0.39, 0.29) is 5.69 Å². The highest BCUT2D eigenvalue weighted by molar-refractivity contribution is 7.19. The predicted molar refractivity (Wildman–Crippen MR) is 83.9 cm³/mol. The summed E-state index contributed by atoms with van der Waals surface area (Å²) < 4.78 is 28.1. The summed E-state index contributed by atoms with van der Waals surface area (Å²) in [6.45, 7) is 0.321. The Hall–Kier alpha value is -1.50. The molecule has 0 fully saturated rings. The number of rotatable bonds is 4. The fraction of sp³-hybridized carbons (Fsp3) is 0.143. The van der Waals surface area contributed by atoms with Crippen molar-refractivity contribution in [3.8, 4) is 10.7 Å². The molecule has 0 aromatic carbocycles. The van der Waals surface area contributed by atoms with Crippen molar-refractivity contribution in [3.05, 3.63) is 57.4 Å². The minimum absolute atomic E-state index is 0.270. The van der Waals surface area contributed by atoms with Gasteiger partial charge < -0.3 is 4.57 Å². The van der Waals surface area contributed by atoms with Crippen molar-refractivity contribution >= 4 is 34.5 Å². The summed E-state index contributed by atoms with van der Waals surface area (Å²) in [5, 5.41) is 0.521. The van der Waals surface area contributed by atoms with Crippen LogP contribution in [0.1, 0.15) is 17.8 Å². The van der Waals surface area contributed by atoms with E-state index in [1.807, 2.05) is 0 Å². The SMILES string of the molecule is FC(F)c1cn(Cc2ccc(Cl)cn2)c(-c2ccc(Cl)s2)n1. The molecule has 0 aliphatic carbocycles. The van der Waals surface area contributed by atoms with E-state index in [1.165, 1.54) is 23.7 Å². The van der Waals surface area contributed by atoms with E-state index < -0.39 is 6.43 Å². The van der Waals surface area contributed by atoms with Gasteiger partial charge in [0, 0.05) is 12.4 Å². The van der Waals surface area contributed by atoms with Crippen molar-refractivity contribution in [3.63, 3.8) is 0 Å². The van der Waals surface area contributed by atoms with Gasteiger partial charge in [0.25, 0.3) is 6.43 Å². The van der Waals surface area contributed by atoms with Crippen LogP contribution in [0.4, 0.5) is 8.78 Å². The Morgan fingerprint density at radius 2 is 2.00 bits per heavy atom. The fourth-order valence-corrected chi connectivity index (χ4v) is 3.13. The lowest BCUT2D eigenvalue weighted by Gasteiger charge is -2.06. The Morgan fingerprint density at radius 1 is 1.18 bits per heavy atom. The molecule has 0 bridgehead atoms. The van der Waals surface area contributed by atoms with Crippen LogP contribution in [0.3, 0.4) is 0 Å². The molecule has 0 unspecified atom stereocenters. The fourth-order valence-electron chi connectivity index (χ4n) is 1.97. The molecule has 3 aromatic heterocycles. The molecule has 0 amide bonds. The molecule has 0 spiro atoms. The number of imidazole rings is 1. The van der Waals surface area contributed by atoms with Crippen LogP contribution in [0.2, 0.25) is 9.36 Å². The lowest BCUT2D eigenvalue weighted by Crippen LogP contribution is -2.02. The van der Waals surface area contributed by atoms with Crippen molar-refractivity contribution in [1.82, 2.24) is 14.5 Å². The van der Waals surface area contributed by atoms with E-state index in [0.29, 0.717) is 27.4 Å². The van der Waals surface area contributed by atoms with Crippen LogP contribution >= 0.6 is 34.5 Å². The van der Waals surface area contributed by atoms with Gasteiger partial charge in [-0.15, -0.1) is 11.3 Å². The van der Waals surface area contributed by atoms with Gasteiger partial charge in [0.2, 0.25) is 0 Å². The van der Waals surface area contributed by atoms with Crippen LogP contribution in [0, 0.1) is 0 Å². The maximum absolute atomic E-state index is 12.9. The first-order valence-corrected chi connectivity index (χ1v) is 7.81. The summed E-state index contributed by atoms with van der Waals surface area (Å²) in [5.41, 5.74) is 0.431. The second-order valence-electron chi connectivity index (χ2n) is 4.49.